The van der Waals surface area contributed by atoms with Gasteiger partial charge in [0.25, 0.3) is 0 Å². The van der Waals surface area contributed by atoms with Crippen molar-refractivity contribution in [1.82, 2.24) is 20.0 Å². The number of nitrogens with zero attached hydrogens (tertiary/aromatic N) is 4. The standard InChI is InChI=1S/C19H27N5O3/c1-13-12-23(9-10-24(13)15-6-8-22(2)21-15)17(26)5-7-19(14-3-4-14)11-16(25)20-18(19)27/h6,8,13-14H,3-5,7,9-12H2,1-2H3,(H,20,25,27)/t13-,19?/m0/s1. The van der Waals surface area contributed by atoms with E-state index in [-0.39, 0.29) is 36.1 Å². The molecule has 3 heterocycles. The summed E-state index contributed by atoms with van der Waals surface area (Å²) in [5.41, 5.74) is -0.645. The number of hydrogen-bond acceptors (Lipinski definition) is 5. The van der Waals surface area contributed by atoms with Gasteiger partial charge in [0, 0.05) is 57.8 Å². The lowest BCUT2D eigenvalue weighted by atomic mass is 9.76. The van der Waals surface area contributed by atoms with Crippen molar-refractivity contribution in [3.63, 3.8) is 0 Å². The summed E-state index contributed by atoms with van der Waals surface area (Å²) in [4.78, 5) is 41.0. The molecule has 0 spiro atoms. The molecule has 1 aromatic heterocycles. The van der Waals surface area contributed by atoms with E-state index in [0.29, 0.717) is 25.9 Å². The van der Waals surface area contributed by atoms with Crippen molar-refractivity contribution in [2.75, 3.05) is 24.5 Å². The third-order valence-corrected chi connectivity index (χ3v) is 6.30. The van der Waals surface area contributed by atoms with E-state index in [1.807, 2.05) is 24.2 Å². The van der Waals surface area contributed by atoms with Gasteiger partial charge in [0.05, 0.1) is 5.41 Å². The van der Waals surface area contributed by atoms with E-state index < -0.39 is 5.41 Å². The molecule has 3 amide bonds. The highest BCUT2D eigenvalue weighted by Gasteiger charge is 2.55. The highest BCUT2D eigenvalue weighted by Crippen LogP contribution is 2.52. The van der Waals surface area contributed by atoms with Crippen molar-refractivity contribution < 1.29 is 14.4 Å². The first kappa shape index (κ1) is 18.0. The number of carbonyl (C=O) groups is 3. The highest BCUT2D eigenvalue weighted by molar-refractivity contribution is 6.06. The first-order valence-electron chi connectivity index (χ1n) is 9.77. The van der Waals surface area contributed by atoms with Crippen LogP contribution in [0, 0.1) is 11.3 Å². The molecule has 1 saturated carbocycles. The van der Waals surface area contributed by atoms with Crippen molar-refractivity contribution in [3.05, 3.63) is 12.3 Å². The van der Waals surface area contributed by atoms with E-state index in [0.717, 1.165) is 25.2 Å². The maximum Gasteiger partial charge on any atom is 0.233 e. The van der Waals surface area contributed by atoms with Crippen LogP contribution in [0.1, 0.15) is 39.0 Å². The maximum absolute atomic E-state index is 12.8. The molecule has 8 nitrogen and oxygen atoms in total. The predicted octanol–water partition coefficient (Wildman–Crippen LogP) is 0.680. The Morgan fingerprint density at radius 1 is 1.33 bits per heavy atom. The van der Waals surface area contributed by atoms with E-state index in [1.54, 1.807) is 4.68 Å². The molecule has 27 heavy (non-hydrogen) atoms. The van der Waals surface area contributed by atoms with Gasteiger partial charge in [-0.1, -0.05) is 0 Å². The van der Waals surface area contributed by atoms with Crippen LogP contribution >= 0.6 is 0 Å². The minimum atomic E-state index is -0.645. The number of rotatable bonds is 5. The lowest BCUT2D eigenvalue weighted by molar-refractivity contribution is -0.134. The second-order valence-corrected chi connectivity index (χ2v) is 8.21. The third-order valence-electron chi connectivity index (χ3n) is 6.30. The van der Waals surface area contributed by atoms with Crippen LogP contribution in [-0.4, -0.2) is 58.1 Å². The Hall–Kier alpha value is -2.38. The van der Waals surface area contributed by atoms with E-state index in [4.69, 9.17) is 0 Å². The molecule has 1 N–H and O–H groups in total. The third kappa shape index (κ3) is 3.33. The summed E-state index contributed by atoms with van der Waals surface area (Å²) < 4.78 is 1.78. The Morgan fingerprint density at radius 2 is 2.11 bits per heavy atom. The van der Waals surface area contributed by atoms with Crippen LogP contribution < -0.4 is 10.2 Å². The van der Waals surface area contributed by atoms with Gasteiger partial charge < -0.3 is 9.80 Å². The summed E-state index contributed by atoms with van der Waals surface area (Å²) in [5, 5.41) is 6.90. The summed E-state index contributed by atoms with van der Waals surface area (Å²) in [6.45, 7) is 4.15. The molecule has 3 aliphatic rings. The van der Waals surface area contributed by atoms with Gasteiger partial charge >= 0.3 is 0 Å². The number of aromatic nitrogens is 2. The number of amides is 3. The normalized spacial score (nSPS) is 28.6. The molecule has 3 fully saturated rings. The number of aryl methyl sites for hydroxylation is 1. The number of nitrogens with one attached hydrogen (secondary N) is 1. The molecule has 1 aromatic rings. The summed E-state index contributed by atoms with van der Waals surface area (Å²) >= 11 is 0. The molecule has 0 radical (unpaired) electrons. The average molecular weight is 373 g/mol. The maximum atomic E-state index is 12.8. The fraction of sp³-hybridized carbons (Fsp3) is 0.684. The average Bonchev–Trinajstić information content (AvgIpc) is 3.33. The zero-order chi connectivity index (χ0) is 19.2. The highest BCUT2D eigenvalue weighted by atomic mass is 16.2. The lowest BCUT2D eigenvalue weighted by Gasteiger charge is -2.40. The van der Waals surface area contributed by atoms with Crippen LogP contribution in [0.3, 0.4) is 0 Å². The van der Waals surface area contributed by atoms with Gasteiger partial charge in [0.15, 0.2) is 5.82 Å². The largest absolute Gasteiger partial charge is 0.349 e. The fourth-order valence-electron chi connectivity index (χ4n) is 4.60. The zero-order valence-corrected chi connectivity index (χ0v) is 16.0. The molecule has 2 saturated heterocycles. The van der Waals surface area contributed by atoms with Crippen LogP contribution in [0.15, 0.2) is 12.3 Å². The minimum absolute atomic E-state index is 0.0784. The molecule has 2 atom stereocenters. The van der Waals surface area contributed by atoms with Crippen molar-refractivity contribution in [2.24, 2.45) is 18.4 Å². The summed E-state index contributed by atoms with van der Waals surface area (Å²) in [6, 6.07) is 2.18. The number of anilines is 1. The van der Waals surface area contributed by atoms with Crippen LogP contribution in [-0.2, 0) is 21.4 Å². The van der Waals surface area contributed by atoms with E-state index >= 15 is 0 Å². The van der Waals surface area contributed by atoms with Gasteiger partial charge in [0.1, 0.15) is 0 Å². The van der Waals surface area contributed by atoms with Gasteiger partial charge in [-0.3, -0.25) is 24.4 Å². The van der Waals surface area contributed by atoms with Gasteiger partial charge in [0.2, 0.25) is 17.7 Å². The lowest BCUT2D eigenvalue weighted by Crippen LogP contribution is -2.54. The van der Waals surface area contributed by atoms with Gasteiger partial charge in [-0.15, -0.1) is 0 Å². The van der Waals surface area contributed by atoms with Gasteiger partial charge in [-0.2, -0.15) is 5.10 Å². The second kappa shape index (κ2) is 6.65. The predicted molar refractivity (Wildman–Crippen MR) is 98.8 cm³/mol. The fourth-order valence-corrected chi connectivity index (χ4v) is 4.60. The Kier molecular flexibility index (Phi) is 4.44. The van der Waals surface area contributed by atoms with Crippen LogP contribution in [0.25, 0.3) is 0 Å². The van der Waals surface area contributed by atoms with Crippen LogP contribution in [0.4, 0.5) is 5.82 Å². The molecule has 2 aliphatic heterocycles. The Bertz CT molecular complexity index is 771. The topological polar surface area (TPSA) is 87.5 Å². The van der Waals surface area contributed by atoms with Crippen molar-refractivity contribution in [3.8, 4) is 0 Å². The molecular weight excluding hydrogens is 346 g/mol. The summed E-state index contributed by atoms with van der Waals surface area (Å²) in [5.74, 6) is 0.908. The number of imide groups is 1. The molecule has 1 aliphatic carbocycles. The van der Waals surface area contributed by atoms with Gasteiger partial charge in [-0.05, 0) is 32.1 Å². The second-order valence-electron chi connectivity index (χ2n) is 8.21. The van der Waals surface area contributed by atoms with Gasteiger partial charge in [-0.25, -0.2) is 0 Å². The summed E-state index contributed by atoms with van der Waals surface area (Å²) in [6.07, 6.45) is 4.93. The molecule has 8 heteroatoms. The number of hydrogen-bond donors (Lipinski definition) is 1. The number of piperazine rings is 1. The Labute approximate surface area is 158 Å². The van der Waals surface area contributed by atoms with E-state index in [1.165, 1.54) is 0 Å². The van der Waals surface area contributed by atoms with Crippen LogP contribution in [0.2, 0.25) is 0 Å². The van der Waals surface area contributed by atoms with Crippen molar-refractivity contribution in [1.29, 1.82) is 0 Å². The van der Waals surface area contributed by atoms with Crippen molar-refractivity contribution >= 4 is 23.5 Å². The number of carbonyl (C=O) groups excluding carboxylic acids is 3. The molecule has 0 bridgehead atoms. The minimum Gasteiger partial charge on any atom is -0.349 e. The Morgan fingerprint density at radius 3 is 2.67 bits per heavy atom. The monoisotopic (exact) mass is 373 g/mol. The molecule has 0 aromatic carbocycles. The Balaban J connectivity index is 1.35. The zero-order valence-electron chi connectivity index (χ0n) is 16.0. The quantitative estimate of drug-likeness (QED) is 0.767. The first-order valence-corrected chi connectivity index (χ1v) is 9.77. The SMILES string of the molecule is C[C@H]1CN(C(=O)CCC2(C3CC3)CC(=O)NC2=O)CCN1c1ccn(C)n1. The van der Waals surface area contributed by atoms with E-state index in [2.05, 4.69) is 22.2 Å². The summed E-state index contributed by atoms with van der Waals surface area (Å²) in [7, 11) is 1.90. The smallest absolute Gasteiger partial charge is 0.233 e. The van der Waals surface area contributed by atoms with Crippen LogP contribution in [0.5, 0.6) is 0 Å². The van der Waals surface area contributed by atoms with E-state index in [9.17, 15) is 14.4 Å². The van der Waals surface area contributed by atoms with Crippen molar-refractivity contribution in [2.45, 2.75) is 45.1 Å². The molecular formula is C19H27N5O3. The molecule has 1 unspecified atom stereocenters. The molecule has 4 rings (SSSR count). The first-order chi connectivity index (χ1) is 12.9. The molecule has 146 valence electrons.